The van der Waals surface area contributed by atoms with Gasteiger partial charge in [0, 0.05) is 6.54 Å². The van der Waals surface area contributed by atoms with E-state index in [1.54, 1.807) is 7.11 Å². The molecule has 0 saturated heterocycles. The number of methoxy groups -OCH3 is 1. The predicted molar refractivity (Wildman–Crippen MR) is 80.9 cm³/mol. The highest BCUT2D eigenvalue weighted by Crippen LogP contribution is 2.37. The maximum atomic E-state index is 5.37. The summed E-state index contributed by atoms with van der Waals surface area (Å²) >= 11 is 0. The van der Waals surface area contributed by atoms with E-state index in [4.69, 9.17) is 4.74 Å². The first-order chi connectivity index (χ1) is 9.35. The van der Waals surface area contributed by atoms with E-state index < -0.39 is 0 Å². The van der Waals surface area contributed by atoms with Gasteiger partial charge in [0.1, 0.15) is 5.75 Å². The number of ether oxygens (including phenoxy) is 1. The molecule has 1 aliphatic rings. The van der Waals surface area contributed by atoms with E-state index in [9.17, 15) is 0 Å². The lowest BCUT2D eigenvalue weighted by Gasteiger charge is -2.25. The van der Waals surface area contributed by atoms with Gasteiger partial charge in [0.15, 0.2) is 0 Å². The zero-order valence-electron chi connectivity index (χ0n) is 12.3. The Bertz CT molecular complexity index is 371. The van der Waals surface area contributed by atoms with Gasteiger partial charge in [-0.25, -0.2) is 0 Å². The third-order valence-corrected chi connectivity index (χ3v) is 4.28. The maximum absolute atomic E-state index is 5.37. The molecular formula is C17H27NO. The van der Waals surface area contributed by atoms with Gasteiger partial charge in [0.2, 0.25) is 0 Å². The SMILES string of the molecule is CCCNCC(c1cccc(OC)c1)C1CCCC1. The van der Waals surface area contributed by atoms with E-state index in [2.05, 4.69) is 30.4 Å². The van der Waals surface area contributed by atoms with Crippen molar-refractivity contribution in [1.82, 2.24) is 5.32 Å². The zero-order chi connectivity index (χ0) is 13.5. The Labute approximate surface area is 117 Å². The van der Waals surface area contributed by atoms with Crippen LogP contribution in [0.2, 0.25) is 0 Å². The van der Waals surface area contributed by atoms with E-state index in [1.807, 2.05) is 6.07 Å². The second-order valence-electron chi connectivity index (χ2n) is 5.63. The van der Waals surface area contributed by atoms with E-state index in [-0.39, 0.29) is 0 Å². The quantitative estimate of drug-likeness (QED) is 0.750. The smallest absolute Gasteiger partial charge is 0.119 e. The summed E-state index contributed by atoms with van der Waals surface area (Å²) in [6, 6.07) is 8.64. The van der Waals surface area contributed by atoms with Gasteiger partial charge >= 0.3 is 0 Å². The standard InChI is InChI=1S/C17H27NO/c1-3-11-18-13-17(14-7-4-5-8-14)15-9-6-10-16(12-15)19-2/h6,9-10,12,14,17-18H,3-5,7-8,11,13H2,1-2H3. The highest BCUT2D eigenvalue weighted by atomic mass is 16.5. The van der Waals surface area contributed by atoms with Crippen LogP contribution in [-0.4, -0.2) is 20.2 Å². The number of nitrogens with one attached hydrogen (secondary N) is 1. The molecule has 106 valence electrons. The second-order valence-corrected chi connectivity index (χ2v) is 5.63. The molecule has 0 spiro atoms. The van der Waals surface area contributed by atoms with Crippen molar-refractivity contribution < 1.29 is 4.74 Å². The fourth-order valence-corrected chi connectivity index (χ4v) is 3.22. The fourth-order valence-electron chi connectivity index (χ4n) is 3.22. The summed E-state index contributed by atoms with van der Waals surface area (Å²) in [4.78, 5) is 0. The minimum atomic E-state index is 0.643. The lowest BCUT2D eigenvalue weighted by molar-refractivity contribution is 0.399. The van der Waals surface area contributed by atoms with Gasteiger partial charge in [-0.15, -0.1) is 0 Å². The van der Waals surface area contributed by atoms with Crippen LogP contribution < -0.4 is 10.1 Å². The Morgan fingerprint density at radius 1 is 1.32 bits per heavy atom. The average molecular weight is 261 g/mol. The number of benzene rings is 1. The molecule has 1 saturated carbocycles. The van der Waals surface area contributed by atoms with E-state index >= 15 is 0 Å². The number of hydrogen-bond acceptors (Lipinski definition) is 2. The van der Waals surface area contributed by atoms with Crippen LogP contribution >= 0.6 is 0 Å². The average Bonchev–Trinajstić information content (AvgIpc) is 2.97. The first-order valence-electron chi connectivity index (χ1n) is 7.69. The Morgan fingerprint density at radius 3 is 2.79 bits per heavy atom. The van der Waals surface area contributed by atoms with Gasteiger partial charge < -0.3 is 10.1 Å². The van der Waals surface area contributed by atoms with Crippen molar-refractivity contribution in [2.24, 2.45) is 5.92 Å². The Balaban J connectivity index is 2.09. The summed E-state index contributed by atoms with van der Waals surface area (Å²) in [5.41, 5.74) is 1.44. The molecule has 0 amide bonds. The third kappa shape index (κ3) is 3.97. The highest BCUT2D eigenvalue weighted by Gasteiger charge is 2.26. The summed E-state index contributed by atoms with van der Waals surface area (Å²) < 4.78 is 5.37. The van der Waals surface area contributed by atoms with Crippen molar-refractivity contribution >= 4 is 0 Å². The Kier molecular flexibility index (Phi) is 5.71. The van der Waals surface area contributed by atoms with Gasteiger partial charge in [0.25, 0.3) is 0 Å². The highest BCUT2D eigenvalue weighted by molar-refractivity contribution is 5.31. The van der Waals surface area contributed by atoms with Crippen LogP contribution in [0.5, 0.6) is 5.75 Å². The normalized spacial score (nSPS) is 17.6. The topological polar surface area (TPSA) is 21.3 Å². The van der Waals surface area contributed by atoms with Crippen LogP contribution in [0.1, 0.15) is 50.5 Å². The molecular weight excluding hydrogens is 234 g/mol. The van der Waals surface area contributed by atoms with E-state index in [0.29, 0.717) is 5.92 Å². The van der Waals surface area contributed by atoms with Crippen molar-refractivity contribution in [3.63, 3.8) is 0 Å². The molecule has 0 radical (unpaired) electrons. The molecule has 19 heavy (non-hydrogen) atoms. The van der Waals surface area contributed by atoms with Crippen LogP contribution in [0.15, 0.2) is 24.3 Å². The molecule has 1 unspecified atom stereocenters. The molecule has 1 aromatic rings. The van der Waals surface area contributed by atoms with Crippen molar-refractivity contribution in [1.29, 1.82) is 0 Å². The van der Waals surface area contributed by atoms with Gasteiger partial charge in [0.05, 0.1) is 7.11 Å². The number of hydrogen-bond donors (Lipinski definition) is 1. The molecule has 1 aliphatic carbocycles. The minimum absolute atomic E-state index is 0.643. The Hall–Kier alpha value is -1.02. The summed E-state index contributed by atoms with van der Waals surface area (Å²) in [7, 11) is 1.75. The fraction of sp³-hybridized carbons (Fsp3) is 0.647. The minimum Gasteiger partial charge on any atom is -0.497 e. The number of rotatable bonds is 7. The summed E-state index contributed by atoms with van der Waals surface area (Å²) in [6.45, 7) is 4.45. The van der Waals surface area contributed by atoms with Gasteiger partial charge in [-0.1, -0.05) is 31.9 Å². The molecule has 1 N–H and O–H groups in total. The predicted octanol–water partition coefficient (Wildman–Crippen LogP) is 3.97. The third-order valence-electron chi connectivity index (χ3n) is 4.28. The van der Waals surface area contributed by atoms with E-state index in [0.717, 1.165) is 24.8 Å². The molecule has 0 aliphatic heterocycles. The maximum Gasteiger partial charge on any atom is 0.119 e. The molecule has 0 heterocycles. The van der Waals surface area contributed by atoms with Crippen molar-refractivity contribution in [3.8, 4) is 5.75 Å². The van der Waals surface area contributed by atoms with Crippen LogP contribution in [0.3, 0.4) is 0 Å². The molecule has 0 bridgehead atoms. The van der Waals surface area contributed by atoms with Crippen molar-refractivity contribution in [2.75, 3.05) is 20.2 Å². The van der Waals surface area contributed by atoms with Crippen LogP contribution in [0, 0.1) is 5.92 Å². The molecule has 1 fully saturated rings. The summed E-state index contributed by atoms with van der Waals surface area (Å²) in [5.74, 6) is 2.47. The van der Waals surface area contributed by atoms with Crippen LogP contribution in [0.4, 0.5) is 0 Å². The van der Waals surface area contributed by atoms with Gasteiger partial charge in [-0.3, -0.25) is 0 Å². The first kappa shape index (κ1) is 14.4. The van der Waals surface area contributed by atoms with Crippen LogP contribution in [0.25, 0.3) is 0 Å². The zero-order valence-corrected chi connectivity index (χ0v) is 12.3. The molecule has 1 aromatic carbocycles. The van der Waals surface area contributed by atoms with Crippen molar-refractivity contribution in [2.45, 2.75) is 44.9 Å². The Morgan fingerprint density at radius 2 is 2.11 bits per heavy atom. The first-order valence-corrected chi connectivity index (χ1v) is 7.69. The lowest BCUT2D eigenvalue weighted by atomic mass is 9.84. The van der Waals surface area contributed by atoms with Gasteiger partial charge in [-0.2, -0.15) is 0 Å². The van der Waals surface area contributed by atoms with Crippen molar-refractivity contribution in [3.05, 3.63) is 29.8 Å². The molecule has 2 heteroatoms. The summed E-state index contributed by atoms with van der Waals surface area (Å²) in [6.07, 6.45) is 6.78. The molecule has 2 rings (SSSR count). The molecule has 2 nitrogen and oxygen atoms in total. The molecule has 0 aromatic heterocycles. The second kappa shape index (κ2) is 7.54. The van der Waals surface area contributed by atoms with E-state index in [1.165, 1.54) is 37.7 Å². The largest absolute Gasteiger partial charge is 0.497 e. The monoisotopic (exact) mass is 261 g/mol. The summed E-state index contributed by atoms with van der Waals surface area (Å²) in [5, 5.41) is 3.61. The van der Waals surface area contributed by atoms with Crippen LogP contribution in [-0.2, 0) is 0 Å². The van der Waals surface area contributed by atoms with Gasteiger partial charge in [-0.05, 0) is 55.3 Å². The molecule has 1 atom stereocenters. The lowest BCUT2D eigenvalue weighted by Crippen LogP contribution is -2.26.